The monoisotopic (exact) mass is 254 g/mol. The van der Waals surface area contributed by atoms with Crippen LogP contribution in [0.5, 0.6) is 0 Å². The summed E-state index contributed by atoms with van der Waals surface area (Å²) in [6.45, 7) is 9.13. The normalized spacial score (nSPS) is 18.7. The van der Waals surface area contributed by atoms with Crippen molar-refractivity contribution in [1.82, 2.24) is 0 Å². The summed E-state index contributed by atoms with van der Waals surface area (Å²) in [6.07, 6.45) is 8.17. The van der Waals surface area contributed by atoms with Crippen molar-refractivity contribution >= 4 is 0 Å². The molecule has 1 aliphatic rings. The molecule has 1 aliphatic carbocycles. The zero-order valence-corrected chi connectivity index (χ0v) is 12.7. The van der Waals surface area contributed by atoms with Gasteiger partial charge < -0.3 is 0 Å². The molecule has 1 unspecified atom stereocenters. The summed E-state index contributed by atoms with van der Waals surface area (Å²) in [4.78, 5) is 0. The summed E-state index contributed by atoms with van der Waals surface area (Å²) in [7, 11) is 0. The van der Waals surface area contributed by atoms with Crippen LogP contribution in [0.1, 0.15) is 45.2 Å². The maximum atomic E-state index is 2.36. The lowest BCUT2D eigenvalue weighted by molar-refractivity contribution is 0.591. The van der Waals surface area contributed by atoms with Gasteiger partial charge >= 0.3 is 0 Å². The molecular weight excluding hydrogens is 228 g/mol. The molecule has 19 heavy (non-hydrogen) atoms. The smallest absolute Gasteiger partial charge is 0.00164 e. The molecule has 0 amide bonds. The SMILES string of the molecule is CCc1ccc(CC2=CC=C(C(C)C)C2CC)cc1. The molecule has 1 atom stereocenters. The molecule has 1 aromatic carbocycles. The minimum atomic E-state index is 0.668. The molecule has 0 heterocycles. The lowest BCUT2D eigenvalue weighted by atomic mass is 9.84. The van der Waals surface area contributed by atoms with Crippen molar-refractivity contribution in [2.75, 3.05) is 0 Å². The van der Waals surface area contributed by atoms with Gasteiger partial charge in [0.15, 0.2) is 0 Å². The van der Waals surface area contributed by atoms with Crippen LogP contribution in [0, 0.1) is 11.8 Å². The second kappa shape index (κ2) is 6.23. The number of allylic oxidation sites excluding steroid dienone is 4. The Hall–Kier alpha value is -1.30. The topological polar surface area (TPSA) is 0 Å². The van der Waals surface area contributed by atoms with Crippen molar-refractivity contribution < 1.29 is 0 Å². The van der Waals surface area contributed by atoms with Gasteiger partial charge in [-0.3, -0.25) is 0 Å². The minimum Gasteiger partial charge on any atom is -0.0645 e. The molecule has 0 nitrogen and oxygen atoms in total. The van der Waals surface area contributed by atoms with Gasteiger partial charge in [-0.1, -0.05) is 75.3 Å². The lowest BCUT2D eigenvalue weighted by Crippen LogP contribution is -2.09. The number of aryl methyl sites for hydroxylation is 1. The third kappa shape index (κ3) is 3.18. The Morgan fingerprint density at radius 1 is 0.947 bits per heavy atom. The first kappa shape index (κ1) is 14.1. The van der Waals surface area contributed by atoms with Crippen LogP contribution in [0.4, 0.5) is 0 Å². The summed E-state index contributed by atoms with van der Waals surface area (Å²) in [5.41, 5.74) is 6.08. The van der Waals surface area contributed by atoms with Crippen molar-refractivity contribution in [3.63, 3.8) is 0 Å². The second-order valence-corrected chi connectivity index (χ2v) is 5.87. The van der Waals surface area contributed by atoms with E-state index < -0.39 is 0 Å². The van der Waals surface area contributed by atoms with Gasteiger partial charge in [0.1, 0.15) is 0 Å². The predicted molar refractivity (Wildman–Crippen MR) is 84.3 cm³/mol. The van der Waals surface area contributed by atoms with E-state index in [4.69, 9.17) is 0 Å². The van der Waals surface area contributed by atoms with Crippen LogP contribution in [0.3, 0.4) is 0 Å². The highest BCUT2D eigenvalue weighted by Crippen LogP contribution is 2.36. The molecule has 0 fully saturated rings. The second-order valence-electron chi connectivity index (χ2n) is 5.87. The van der Waals surface area contributed by atoms with Crippen molar-refractivity contribution in [3.8, 4) is 0 Å². The zero-order valence-electron chi connectivity index (χ0n) is 12.7. The van der Waals surface area contributed by atoms with Gasteiger partial charge in [0, 0.05) is 5.92 Å². The Morgan fingerprint density at radius 2 is 1.58 bits per heavy atom. The van der Waals surface area contributed by atoms with Gasteiger partial charge in [0.25, 0.3) is 0 Å². The van der Waals surface area contributed by atoms with E-state index >= 15 is 0 Å². The standard InChI is InChI=1S/C19H26/c1-5-15-7-9-16(10-8-15)13-17-11-12-19(14(3)4)18(17)6-2/h7-12,14,18H,5-6,13H2,1-4H3. The van der Waals surface area contributed by atoms with E-state index in [2.05, 4.69) is 64.1 Å². The molecular formula is C19H26. The molecule has 0 heteroatoms. The van der Waals surface area contributed by atoms with Crippen LogP contribution >= 0.6 is 0 Å². The van der Waals surface area contributed by atoms with Gasteiger partial charge in [-0.25, -0.2) is 0 Å². The Morgan fingerprint density at radius 3 is 2.11 bits per heavy atom. The average Bonchev–Trinajstić information content (AvgIpc) is 2.82. The number of benzene rings is 1. The van der Waals surface area contributed by atoms with E-state index in [9.17, 15) is 0 Å². The van der Waals surface area contributed by atoms with Gasteiger partial charge in [0.05, 0.1) is 0 Å². The number of hydrogen-bond donors (Lipinski definition) is 0. The Kier molecular flexibility index (Phi) is 4.63. The highest BCUT2D eigenvalue weighted by Gasteiger charge is 2.23. The summed E-state index contributed by atoms with van der Waals surface area (Å²) < 4.78 is 0. The molecule has 102 valence electrons. The Labute approximate surface area is 118 Å². The third-order valence-electron chi connectivity index (χ3n) is 4.25. The van der Waals surface area contributed by atoms with Crippen LogP contribution in [0.2, 0.25) is 0 Å². The highest BCUT2D eigenvalue weighted by molar-refractivity contribution is 5.39. The first-order valence-electron chi connectivity index (χ1n) is 7.64. The summed E-state index contributed by atoms with van der Waals surface area (Å²) in [6, 6.07) is 9.12. The zero-order chi connectivity index (χ0) is 13.8. The molecule has 0 aromatic heterocycles. The van der Waals surface area contributed by atoms with E-state index in [1.54, 1.807) is 11.1 Å². The summed E-state index contributed by atoms with van der Waals surface area (Å²) in [5.74, 6) is 1.34. The van der Waals surface area contributed by atoms with Crippen LogP contribution in [-0.4, -0.2) is 0 Å². The number of hydrogen-bond acceptors (Lipinski definition) is 0. The van der Waals surface area contributed by atoms with Gasteiger partial charge in [-0.15, -0.1) is 0 Å². The molecule has 0 saturated heterocycles. The molecule has 0 N–H and O–H groups in total. The average molecular weight is 254 g/mol. The summed E-state index contributed by atoms with van der Waals surface area (Å²) >= 11 is 0. The fourth-order valence-corrected chi connectivity index (χ4v) is 3.05. The van der Waals surface area contributed by atoms with Crippen molar-refractivity contribution in [3.05, 3.63) is 58.7 Å². The first-order chi connectivity index (χ1) is 9.15. The maximum absolute atomic E-state index is 2.36. The maximum Gasteiger partial charge on any atom is 0.00164 e. The lowest BCUT2D eigenvalue weighted by Gasteiger charge is -2.20. The molecule has 0 aliphatic heterocycles. The third-order valence-corrected chi connectivity index (χ3v) is 4.25. The summed E-state index contributed by atoms with van der Waals surface area (Å²) in [5, 5.41) is 0. The molecule has 0 spiro atoms. The van der Waals surface area contributed by atoms with Crippen LogP contribution in [0.25, 0.3) is 0 Å². The predicted octanol–water partition coefficient (Wildman–Crippen LogP) is 5.34. The highest BCUT2D eigenvalue weighted by atomic mass is 14.3. The van der Waals surface area contributed by atoms with E-state index in [-0.39, 0.29) is 0 Å². The minimum absolute atomic E-state index is 0.668. The van der Waals surface area contributed by atoms with Crippen molar-refractivity contribution in [2.24, 2.45) is 11.8 Å². The van der Waals surface area contributed by atoms with Crippen molar-refractivity contribution in [1.29, 1.82) is 0 Å². The number of rotatable bonds is 5. The first-order valence-corrected chi connectivity index (χ1v) is 7.64. The van der Waals surface area contributed by atoms with Gasteiger partial charge in [0.2, 0.25) is 0 Å². The largest absolute Gasteiger partial charge is 0.0645 e. The fraction of sp³-hybridized carbons (Fsp3) is 0.474. The Bertz CT molecular complexity index is 471. The fourth-order valence-electron chi connectivity index (χ4n) is 3.05. The van der Waals surface area contributed by atoms with E-state index in [1.165, 1.54) is 17.5 Å². The van der Waals surface area contributed by atoms with E-state index in [0.29, 0.717) is 11.8 Å². The van der Waals surface area contributed by atoms with Crippen molar-refractivity contribution in [2.45, 2.75) is 47.0 Å². The molecule has 0 saturated carbocycles. The quantitative estimate of drug-likeness (QED) is 0.665. The molecule has 0 bridgehead atoms. The van der Waals surface area contributed by atoms with Crippen LogP contribution in [0.15, 0.2) is 47.6 Å². The Balaban J connectivity index is 2.07. The van der Waals surface area contributed by atoms with Crippen LogP contribution in [-0.2, 0) is 12.8 Å². The molecule has 2 rings (SSSR count). The molecule has 0 radical (unpaired) electrons. The van der Waals surface area contributed by atoms with E-state index in [0.717, 1.165) is 12.8 Å². The van der Waals surface area contributed by atoms with E-state index in [1.807, 2.05) is 0 Å². The van der Waals surface area contributed by atoms with Gasteiger partial charge in [-0.05, 0) is 36.3 Å². The van der Waals surface area contributed by atoms with Crippen LogP contribution < -0.4 is 0 Å². The van der Waals surface area contributed by atoms with Gasteiger partial charge in [-0.2, -0.15) is 0 Å². The molecule has 1 aromatic rings.